The molecule has 0 fully saturated rings. The van der Waals surface area contributed by atoms with Gasteiger partial charge in [-0.3, -0.25) is 0 Å². The second kappa shape index (κ2) is 3.60. The highest BCUT2D eigenvalue weighted by Gasteiger charge is 2.26. The van der Waals surface area contributed by atoms with Gasteiger partial charge in [0.25, 0.3) is 0 Å². The van der Waals surface area contributed by atoms with E-state index in [2.05, 4.69) is 0 Å². The van der Waals surface area contributed by atoms with Crippen LogP contribution in [0, 0.1) is 0 Å². The Morgan fingerprint density at radius 2 is 2.08 bits per heavy atom. The number of benzene rings is 1. The Hall–Kier alpha value is -1.31. The number of para-hydroxylation sites is 1. The molecular weight excluding hydrogens is 164 g/mol. The Morgan fingerprint density at radius 3 is 2.54 bits per heavy atom. The van der Waals surface area contributed by atoms with E-state index in [1.54, 1.807) is 18.2 Å². The summed E-state index contributed by atoms with van der Waals surface area (Å²) in [6, 6.07) is 6.96. The van der Waals surface area contributed by atoms with E-state index in [4.69, 9.17) is 0 Å². The fourth-order valence-electron chi connectivity index (χ4n) is 1.29. The highest BCUT2D eigenvalue weighted by Crippen LogP contribution is 2.31. The average molecular weight is 178 g/mol. The van der Waals surface area contributed by atoms with E-state index < -0.39 is 5.41 Å². The van der Waals surface area contributed by atoms with Crippen LogP contribution >= 0.6 is 0 Å². The molecule has 0 aromatic heterocycles. The minimum absolute atomic E-state index is 0.193. The van der Waals surface area contributed by atoms with Crippen LogP contribution in [0.5, 0.6) is 5.75 Å². The summed E-state index contributed by atoms with van der Waals surface area (Å²) in [7, 11) is 0. The lowest BCUT2D eigenvalue weighted by Crippen LogP contribution is -2.22. The molecule has 2 nitrogen and oxygen atoms in total. The predicted molar refractivity (Wildman–Crippen MR) is 51.8 cm³/mol. The molecule has 0 radical (unpaired) electrons. The summed E-state index contributed by atoms with van der Waals surface area (Å²) in [5.74, 6) is 0.193. The SMILES string of the molecule is CCC(C)(C=O)c1ccccc1O. The summed E-state index contributed by atoms with van der Waals surface area (Å²) in [5, 5.41) is 9.55. The number of aldehydes is 1. The third kappa shape index (κ3) is 1.72. The topological polar surface area (TPSA) is 37.3 Å². The van der Waals surface area contributed by atoms with Crippen molar-refractivity contribution in [3.8, 4) is 5.75 Å². The van der Waals surface area contributed by atoms with Crippen molar-refractivity contribution in [2.24, 2.45) is 0 Å². The van der Waals surface area contributed by atoms with Crippen molar-refractivity contribution < 1.29 is 9.90 Å². The largest absolute Gasteiger partial charge is 0.508 e. The highest BCUT2D eigenvalue weighted by atomic mass is 16.3. The summed E-state index contributed by atoms with van der Waals surface area (Å²) in [4.78, 5) is 10.9. The molecule has 70 valence electrons. The number of phenols is 1. The third-order valence-electron chi connectivity index (χ3n) is 2.51. The van der Waals surface area contributed by atoms with Crippen molar-refractivity contribution in [2.75, 3.05) is 0 Å². The van der Waals surface area contributed by atoms with Gasteiger partial charge in [0.2, 0.25) is 0 Å². The summed E-state index contributed by atoms with van der Waals surface area (Å²) in [6.07, 6.45) is 1.58. The molecule has 0 bridgehead atoms. The minimum atomic E-state index is -0.564. The number of carbonyl (C=O) groups is 1. The Bertz CT molecular complexity index is 307. The fourth-order valence-corrected chi connectivity index (χ4v) is 1.29. The van der Waals surface area contributed by atoms with Crippen LogP contribution in [0.2, 0.25) is 0 Å². The van der Waals surface area contributed by atoms with Crippen molar-refractivity contribution in [1.29, 1.82) is 0 Å². The van der Waals surface area contributed by atoms with Crippen LogP contribution < -0.4 is 0 Å². The molecule has 13 heavy (non-hydrogen) atoms. The molecule has 0 saturated heterocycles. The van der Waals surface area contributed by atoms with Crippen LogP contribution in [-0.2, 0) is 10.2 Å². The Kier molecular flexibility index (Phi) is 2.71. The number of hydrogen-bond donors (Lipinski definition) is 1. The van der Waals surface area contributed by atoms with Gasteiger partial charge >= 0.3 is 0 Å². The van der Waals surface area contributed by atoms with Gasteiger partial charge in [0, 0.05) is 5.56 Å². The second-order valence-electron chi connectivity index (χ2n) is 3.41. The Labute approximate surface area is 78.2 Å². The van der Waals surface area contributed by atoms with E-state index in [-0.39, 0.29) is 5.75 Å². The first-order valence-electron chi connectivity index (χ1n) is 4.39. The number of phenolic OH excluding ortho intramolecular Hbond substituents is 1. The maximum absolute atomic E-state index is 10.9. The lowest BCUT2D eigenvalue weighted by Gasteiger charge is -2.22. The zero-order chi connectivity index (χ0) is 9.90. The lowest BCUT2D eigenvalue weighted by atomic mass is 9.81. The van der Waals surface area contributed by atoms with E-state index in [0.717, 1.165) is 6.29 Å². The number of aromatic hydroxyl groups is 1. The van der Waals surface area contributed by atoms with Gasteiger partial charge < -0.3 is 9.90 Å². The van der Waals surface area contributed by atoms with Gasteiger partial charge in [0.1, 0.15) is 12.0 Å². The molecule has 1 aromatic rings. The van der Waals surface area contributed by atoms with Gasteiger partial charge in [-0.1, -0.05) is 25.1 Å². The van der Waals surface area contributed by atoms with Crippen LogP contribution in [0.1, 0.15) is 25.8 Å². The summed E-state index contributed by atoms with van der Waals surface area (Å²) < 4.78 is 0. The maximum atomic E-state index is 10.9. The fraction of sp³-hybridized carbons (Fsp3) is 0.364. The molecule has 0 heterocycles. The van der Waals surface area contributed by atoms with E-state index in [0.29, 0.717) is 12.0 Å². The van der Waals surface area contributed by atoms with Gasteiger partial charge in [-0.25, -0.2) is 0 Å². The molecule has 1 rings (SSSR count). The summed E-state index contributed by atoms with van der Waals surface area (Å²) in [5.41, 5.74) is 0.137. The minimum Gasteiger partial charge on any atom is -0.508 e. The Balaban J connectivity index is 3.19. The van der Waals surface area contributed by atoms with E-state index in [1.807, 2.05) is 19.9 Å². The molecule has 0 saturated carbocycles. The van der Waals surface area contributed by atoms with Crippen LogP contribution in [0.25, 0.3) is 0 Å². The number of carbonyl (C=O) groups excluding carboxylic acids is 1. The molecule has 0 aliphatic heterocycles. The molecule has 0 amide bonds. The molecule has 2 heteroatoms. The maximum Gasteiger partial charge on any atom is 0.130 e. The van der Waals surface area contributed by atoms with Gasteiger partial charge in [-0.2, -0.15) is 0 Å². The van der Waals surface area contributed by atoms with Gasteiger partial charge in [-0.05, 0) is 19.4 Å². The molecule has 1 aromatic carbocycles. The van der Waals surface area contributed by atoms with Crippen LogP contribution in [0.4, 0.5) is 0 Å². The van der Waals surface area contributed by atoms with Crippen LogP contribution in [0.15, 0.2) is 24.3 Å². The van der Waals surface area contributed by atoms with E-state index in [1.165, 1.54) is 0 Å². The van der Waals surface area contributed by atoms with E-state index >= 15 is 0 Å². The molecule has 0 aliphatic carbocycles. The second-order valence-corrected chi connectivity index (χ2v) is 3.41. The zero-order valence-corrected chi connectivity index (χ0v) is 7.95. The molecular formula is C11H14O2. The molecule has 1 unspecified atom stereocenters. The quantitative estimate of drug-likeness (QED) is 0.721. The molecule has 0 aliphatic rings. The van der Waals surface area contributed by atoms with Gasteiger partial charge in [0.15, 0.2) is 0 Å². The standard InChI is InChI=1S/C11H14O2/c1-3-11(2,8-12)9-6-4-5-7-10(9)13/h4-8,13H,3H2,1-2H3. The first kappa shape index (κ1) is 9.78. The summed E-state index contributed by atoms with van der Waals surface area (Å²) in [6.45, 7) is 3.76. The normalized spacial score (nSPS) is 14.9. The molecule has 1 N–H and O–H groups in total. The Morgan fingerprint density at radius 1 is 1.46 bits per heavy atom. The zero-order valence-electron chi connectivity index (χ0n) is 7.95. The molecule has 0 spiro atoms. The monoisotopic (exact) mass is 178 g/mol. The third-order valence-corrected chi connectivity index (χ3v) is 2.51. The van der Waals surface area contributed by atoms with Crippen LogP contribution in [0.3, 0.4) is 0 Å². The first-order valence-corrected chi connectivity index (χ1v) is 4.39. The van der Waals surface area contributed by atoms with Crippen LogP contribution in [-0.4, -0.2) is 11.4 Å². The summed E-state index contributed by atoms with van der Waals surface area (Å²) >= 11 is 0. The van der Waals surface area contributed by atoms with Gasteiger partial charge in [-0.15, -0.1) is 0 Å². The number of rotatable bonds is 3. The van der Waals surface area contributed by atoms with Gasteiger partial charge in [0.05, 0.1) is 5.41 Å². The van der Waals surface area contributed by atoms with Crippen molar-refractivity contribution >= 4 is 6.29 Å². The van der Waals surface area contributed by atoms with Crippen molar-refractivity contribution in [1.82, 2.24) is 0 Å². The van der Waals surface area contributed by atoms with Crippen molar-refractivity contribution in [3.63, 3.8) is 0 Å². The van der Waals surface area contributed by atoms with E-state index in [9.17, 15) is 9.90 Å². The smallest absolute Gasteiger partial charge is 0.130 e. The van der Waals surface area contributed by atoms with Crippen molar-refractivity contribution in [2.45, 2.75) is 25.7 Å². The van der Waals surface area contributed by atoms with Crippen molar-refractivity contribution in [3.05, 3.63) is 29.8 Å². The first-order chi connectivity index (χ1) is 6.14. The average Bonchev–Trinajstić information content (AvgIpc) is 2.17. The highest BCUT2D eigenvalue weighted by molar-refractivity contribution is 5.69. The number of hydrogen-bond acceptors (Lipinski definition) is 2. The molecule has 1 atom stereocenters. The lowest BCUT2D eigenvalue weighted by molar-refractivity contribution is -0.112. The predicted octanol–water partition coefficient (Wildman–Crippen LogP) is 2.26.